The molecule has 1 aromatic carbocycles. The van der Waals surface area contributed by atoms with Crippen LogP contribution in [0.15, 0.2) is 41.0 Å². The van der Waals surface area contributed by atoms with Gasteiger partial charge in [-0.15, -0.1) is 0 Å². The molecule has 2 rings (SSSR count). The molecule has 0 saturated heterocycles. The Balaban J connectivity index is 1.78. The highest BCUT2D eigenvalue weighted by atomic mass is 35.5. The quantitative estimate of drug-likeness (QED) is 0.851. The second-order valence-electron chi connectivity index (χ2n) is 6.15. The topological polar surface area (TPSA) is 34.4 Å². The van der Waals surface area contributed by atoms with E-state index in [4.69, 9.17) is 20.8 Å². The van der Waals surface area contributed by atoms with Crippen LogP contribution in [-0.4, -0.2) is 5.54 Å². The van der Waals surface area contributed by atoms with Crippen molar-refractivity contribution in [2.24, 2.45) is 0 Å². The molecule has 1 N–H and O–H groups in total. The SMILES string of the molecule is CC(C)(C)NCc1coc(COCc2cccc(Cl)c2)c1. The van der Waals surface area contributed by atoms with Gasteiger partial charge in [-0.05, 0) is 44.5 Å². The fourth-order valence-electron chi connectivity index (χ4n) is 1.86. The lowest BCUT2D eigenvalue weighted by Gasteiger charge is -2.19. The average molecular weight is 308 g/mol. The van der Waals surface area contributed by atoms with Crippen molar-refractivity contribution >= 4 is 11.6 Å². The molecule has 0 spiro atoms. The molecule has 3 nitrogen and oxygen atoms in total. The first-order chi connectivity index (χ1) is 9.92. The Hall–Kier alpha value is -1.29. The number of halogens is 1. The summed E-state index contributed by atoms with van der Waals surface area (Å²) in [5, 5.41) is 4.15. The van der Waals surface area contributed by atoms with E-state index >= 15 is 0 Å². The van der Waals surface area contributed by atoms with Crippen LogP contribution >= 0.6 is 11.6 Å². The molecule has 0 radical (unpaired) electrons. The summed E-state index contributed by atoms with van der Waals surface area (Å²) in [5.41, 5.74) is 2.29. The highest BCUT2D eigenvalue weighted by molar-refractivity contribution is 6.30. The molecule has 0 bridgehead atoms. The molecule has 0 unspecified atom stereocenters. The van der Waals surface area contributed by atoms with Crippen molar-refractivity contribution in [3.63, 3.8) is 0 Å². The Morgan fingerprint density at radius 1 is 1.14 bits per heavy atom. The van der Waals surface area contributed by atoms with Gasteiger partial charge < -0.3 is 14.5 Å². The lowest BCUT2D eigenvalue weighted by Crippen LogP contribution is -2.34. The van der Waals surface area contributed by atoms with Crippen LogP contribution in [0.4, 0.5) is 0 Å². The lowest BCUT2D eigenvalue weighted by molar-refractivity contribution is 0.0929. The van der Waals surface area contributed by atoms with E-state index in [2.05, 4.69) is 26.1 Å². The van der Waals surface area contributed by atoms with Gasteiger partial charge in [0.05, 0.1) is 12.9 Å². The Morgan fingerprint density at radius 3 is 2.67 bits per heavy atom. The van der Waals surface area contributed by atoms with E-state index in [1.165, 1.54) is 0 Å². The lowest BCUT2D eigenvalue weighted by atomic mass is 10.1. The van der Waals surface area contributed by atoms with Crippen LogP contribution in [0.2, 0.25) is 5.02 Å². The summed E-state index contributed by atoms with van der Waals surface area (Å²) in [4.78, 5) is 0. The van der Waals surface area contributed by atoms with Gasteiger partial charge in [-0.3, -0.25) is 0 Å². The van der Waals surface area contributed by atoms with Gasteiger partial charge in [0.2, 0.25) is 0 Å². The molecule has 1 aromatic heterocycles. The molecule has 0 aliphatic heterocycles. The summed E-state index contributed by atoms with van der Waals surface area (Å²) >= 11 is 5.93. The summed E-state index contributed by atoms with van der Waals surface area (Å²) in [6.07, 6.45) is 1.77. The van der Waals surface area contributed by atoms with Crippen LogP contribution in [0.1, 0.15) is 37.7 Å². The van der Waals surface area contributed by atoms with Gasteiger partial charge in [-0.2, -0.15) is 0 Å². The maximum absolute atomic E-state index is 5.93. The Labute approximate surface area is 131 Å². The first kappa shape index (κ1) is 16.1. The third-order valence-electron chi connectivity index (χ3n) is 2.93. The number of benzene rings is 1. The standard InChI is InChI=1S/C17H22ClNO2/c1-17(2,3)19-9-14-8-16(21-11-14)12-20-10-13-5-4-6-15(18)7-13/h4-8,11,19H,9-10,12H2,1-3H3. The number of nitrogens with one attached hydrogen (secondary N) is 1. The van der Waals surface area contributed by atoms with Crippen LogP contribution in [0.5, 0.6) is 0 Å². The van der Waals surface area contributed by atoms with Crippen LogP contribution in [-0.2, 0) is 24.5 Å². The van der Waals surface area contributed by atoms with Crippen molar-refractivity contribution in [1.82, 2.24) is 5.32 Å². The van der Waals surface area contributed by atoms with Gasteiger partial charge in [0.15, 0.2) is 0 Å². The van der Waals surface area contributed by atoms with Crippen molar-refractivity contribution in [2.75, 3.05) is 0 Å². The summed E-state index contributed by atoms with van der Waals surface area (Å²) in [6.45, 7) is 8.20. The zero-order valence-corrected chi connectivity index (χ0v) is 13.5. The van der Waals surface area contributed by atoms with E-state index in [1.54, 1.807) is 6.26 Å². The highest BCUT2D eigenvalue weighted by Crippen LogP contribution is 2.14. The fraction of sp³-hybridized carbons (Fsp3) is 0.412. The Bertz CT molecular complexity index is 572. The molecule has 0 aliphatic rings. The molecule has 2 aromatic rings. The zero-order chi connectivity index (χ0) is 15.3. The summed E-state index contributed by atoms with van der Waals surface area (Å²) in [6, 6.07) is 9.70. The monoisotopic (exact) mass is 307 g/mol. The second kappa shape index (κ2) is 7.12. The predicted molar refractivity (Wildman–Crippen MR) is 85.2 cm³/mol. The molecule has 0 atom stereocenters. The maximum atomic E-state index is 5.93. The maximum Gasteiger partial charge on any atom is 0.129 e. The van der Waals surface area contributed by atoms with Gasteiger partial charge in [-0.1, -0.05) is 23.7 Å². The molecule has 0 aliphatic carbocycles. The number of ether oxygens (including phenoxy) is 1. The van der Waals surface area contributed by atoms with Gasteiger partial charge in [0.25, 0.3) is 0 Å². The van der Waals surface area contributed by atoms with Crippen molar-refractivity contribution in [2.45, 2.75) is 46.1 Å². The van der Waals surface area contributed by atoms with E-state index in [-0.39, 0.29) is 5.54 Å². The third-order valence-corrected chi connectivity index (χ3v) is 3.17. The third kappa shape index (κ3) is 5.92. The van der Waals surface area contributed by atoms with Gasteiger partial charge in [0.1, 0.15) is 12.4 Å². The van der Waals surface area contributed by atoms with Crippen LogP contribution in [0, 0.1) is 0 Å². The van der Waals surface area contributed by atoms with Crippen molar-refractivity contribution in [1.29, 1.82) is 0 Å². The summed E-state index contributed by atoms with van der Waals surface area (Å²) < 4.78 is 11.1. The van der Waals surface area contributed by atoms with Crippen molar-refractivity contribution < 1.29 is 9.15 Å². The molecular weight excluding hydrogens is 286 g/mol. The normalized spacial score (nSPS) is 11.8. The molecule has 4 heteroatoms. The number of hydrogen-bond donors (Lipinski definition) is 1. The minimum absolute atomic E-state index is 0.0977. The Morgan fingerprint density at radius 2 is 1.95 bits per heavy atom. The van der Waals surface area contributed by atoms with Crippen LogP contribution in [0.3, 0.4) is 0 Å². The highest BCUT2D eigenvalue weighted by Gasteiger charge is 2.10. The number of furan rings is 1. The predicted octanol–water partition coefficient (Wildman–Crippen LogP) is 4.54. The van der Waals surface area contributed by atoms with E-state index in [1.807, 2.05) is 30.3 Å². The van der Waals surface area contributed by atoms with Crippen LogP contribution in [0.25, 0.3) is 0 Å². The first-order valence-electron chi connectivity index (χ1n) is 7.06. The fourth-order valence-corrected chi connectivity index (χ4v) is 2.07. The minimum Gasteiger partial charge on any atom is -0.467 e. The largest absolute Gasteiger partial charge is 0.467 e. The van der Waals surface area contributed by atoms with Crippen molar-refractivity contribution in [3.05, 3.63) is 58.5 Å². The second-order valence-corrected chi connectivity index (χ2v) is 6.58. The molecule has 0 fully saturated rings. The van der Waals surface area contributed by atoms with Crippen molar-refractivity contribution in [3.8, 4) is 0 Å². The average Bonchev–Trinajstić information content (AvgIpc) is 2.84. The molecule has 1 heterocycles. The molecule has 21 heavy (non-hydrogen) atoms. The zero-order valence-electron chi connectivity index (χ0n) is 12.8. The molecule has 0 saturated carbocycles. The Kier molecular flexibility index (Phi) is 5.45. The van der Waals surface area contributed by atoms with E-state index in [9.17, 15) is 0 Å². The van der Waals surface area contributed by atoms with Gasteiger partial charge in [-0.25, -0.2) is 0 Å². The number of hydrogen-bond acceptors (Lipinski definition) is 3. The number of rotatable bonds is 6. The van der Waals surface area contributed by atoms with E-state index < -0.39 is 0 Å². The minimum atomic E-state index is 0.0977. The molecular formula is C17H22ClNO2. The van der Waals surface area contributed by atoms with E-state index in [0.717, 1.165) is 28.5 Å². The molecule has 0 amide bonds. The summed E-state index contributed by atoms with van der Waals surface area (Å²) in [5.74, 6) is 0.836. The van der Waals surface area contributed by atoms with E-state index in [0.29, 0.717) is 13.2 Å². The summed E-state index contributed by atoms with van der Waals surface area (Å²) in [7, 11) is 0. The first-order valence-corrected chi connectivity index (χ1v) is 7.44. The smallest absolute Gasteiger partial charge is 0.129 e. The molecule has 114 valence electrons. The van der Waals surface area contributed by atoms with Gasteiger partial charge >= 0.3 is 0 Å². The van der Waals surface area contributed by atoms with Crippen LogP contribution < -0.4 is 5.32 Å². The van der Waals surface area contributed by atoms with Gasteiger partial charge in [0, 0.05) is 22.7 Å².